The minimum atomic E-state index is -3.75. The number of hydrogen-bond donors (Lipinski definition) is 3. The molecule has 10 nitrogen and oxygen atoms in total. The summed E-state index contributed by atoms with van der Waals surface area (Å²) < 4.78 is 30.0. The molecule has 35 heavy (non-hydrogen) atoms. The molecule has 3 N–H and O–H groups in total. The van der Waals surface area contributed by atoms with Crippen LogP contribution in [0.2, 0.25) is 0 Å². The number of pyridine rings is 1. The van der Waals surface area contributed by atoms with E-state index in [9.17, 15) is 23.2 Å². The fourth-order valence-electron chi connectivity index (χ4n) is 4.88. The molecule has 0 radical (unpaired) electrons. The number of benzene rings is 2. The third kappa shape index (κ3) is 4.51. The Labute approximate surface area is 201 Å². The summed E-state index contributed by atoms with van der Waals surface area (Å²) in [6.45, 7) is 1.17. The normalized spacial score (nSPS) is 20.6. The highest BCUT2D eigenvalue weighted by Gasteiger charge is 2.39. The summed E-state index contributed by atoms with van der Waals surface area (Å²) in [4.78, 5) is 24.8. The van der Waals surface area contributed by atoms with Crippen LogP contribution in [0.15, 0.2) is 76.4 Å². The van der Waals surface area contributed by atoms with Crippen molar-refractivity contribution in [2.75, 3.05) is 18.4 Å². The number of anilines is 1. The number of amides is 1. The summed E-state index contributed by atoms with van der Waals surface area (Å²) in [5, 5.41) is 21.5. The predicted octanol–water partition coefficient (Wildman–Crippen LogP) is 1.31. The van der Waals surface area contributed by atoms with Gasteiger partial charge in [0.1, 0.15) is 0 Å². The van der Waals surface area contributed by atoms with Crippen LogP contribution in [0.5, 0.6) is 0 Å². The minimum Gasteiger partial charge on any atom is -0.595 e. The second-order valence-corrected chi connectivity index (χ2v) is 10.8. The van der Waals surface area contributed by atoms with Gasteiger partial charge in [-0.15, -0.1) is 0 Å². The molecule has 1 saturated heterocycles. The molecule has 2 aromatic carbocycles. The number of quaternary nitrogens is 1. The molecular weight excluding hydrogens is 472 g/mol. The Morgan fingerprint density at radius 1 is 1.00 bits per heavy atom. The van der Waals surface area contributed by atoms with E-state index in [1.165, 1.54) is 58.9 Å². The molecule has 2 aliphatic rings. The maximum Gasteiger partial charge on any atom is 0.255 e. The van der Waals surface area contributed by atoms with E-state index in [1.807, 2.05) is 6.07 Å². The van der Waals surface area contributed by atoms with Gasteiger partial charge in [0.15, 0.2) is 5.69 Å². The molecule has 1 amide bonds. The van der Waals surface area contributed by atoms with Gasteiger partial charge in [0, 0.05) is 60.7 Å². The molecule has 2 aliphatic heterocycles. The number of carbonyl (C=O) groups is 1. The van der Waals surface area contributed by atoms with Crippen molar-refractivity contribution < 1.29 is 23.6 Å². The summed E-state index contributed by atoms with van der Waals surface area (Å²) >= 11 is 0. The topological polar surface area (TPSA) is 136 Å². The summed E-state index contributed by atoms with van der Waals surface area (Å²) in [7, 11) is -3.75. The molecular formula is C24H24N4O6S. The van der Waals surface area contributed by atoms with E-state index in [0.717, 1.165) is 12.1 Å². The van der Waals surface area contributed by atoms with Crippen LogP contribution >= 0.6 is 0 Å². The largest absolute Gasteiger partial charge is 0.595 e. The minimum absolute atomic E-state index is 0.0303. The monoisotopic (exact) mass is 496 g/mol. The average Bonchev–Trinajstić information content (AvgIpc) is 2.85. The lowest BCUT2D eigenvalue weighted by atomic mass is 9.84. The summed E-state index contributed by atoms with van der Waals surface area (Å²) in [6, 6.07) is 16.6. The zero-order valence-corrected chi connectivity index (χ0v) is 19.4. The number of carbonyl (C=O) groups excluding carboxylic acids is 1. The second kappa shape index (κ2) is 9.02. The van der Waals surface area contributed by atoms with Gasteiger partial charge >= 0.3 is 0 Å². The second-order valence-electron chi connectivity index (χ2n) is 8.88. The van der Waals surface area contributed by atoms with E-state index < -0.39 is 21.2 Å². The van der Waals surface area contributed by atoms with Gasteiger partial charge in [-0.2, -0.15) is 9.53 Å². The Kier molecular flexibility index (Phi) is 6.03. The van der Waals surface area contributed by atoms with E-state index in [-0.39, 0.29) is 33.5 Å². The van der Waals surface area contributed by atoms with Gasteiger partial charge in [-0.25, -0.2) is 13.6 Å². The molecule has 182 valence electrons. The van der Waals surface area contributed by atoms with Crippen LogP contribution in [0.25, 0.3) is 0 Å². The number of aromatic nitrogens is 1. The number of rotatable bonds is 5. The zero-order valence-electron chi connectivity index (χ0n) is 18.6. The first kappa shape index (κ1) is 23.4. The van der Waals surface area contributed by atoms with Crippen LogP contribution < -0.4 is 16.1 Å². The SMILES string of the molecule is O=C(Nc1ccc(S(=O)(=O)N2C[C@@H]3C[C@@H](C2)c2cccc(=O)n2C3)cc1)c1ccc([NH+]([O-])O)cc1. The van der Waals surface area contributed by atoms with Gasteiger partial charge < -0.3 is 15.1 Å². The molecule has 11 heteroatoms. The lowest BCUT2D eigenvalue weighted by Crippen LogP contribution is -2.99. The average molecular weight is 497 g/mol. The molecule has 5 rings (SSSR count). The zero-order chi connectivity index (χ0) is 24.7. The molecule has 3 heterocycles. The third-order valence-electron chi connectivity index (χ3n) is 6.59. The summed E-state index contributed by atoms with van der Waals surface area (Å²) in [6.07, 6.45) is 0.855. The molecule has 3 atom stereocenters. The van der Waals surface area contributed by atoms with Crippen molar-refractivity contribution in [1.82, 2.24) is 8.87 Å². The van der Waals surface area contributed by atoms with Crippen molar-refractivity contribution in [2.24, 2.45) is 5.92 Å². The molecule has 3 aromatic rings. The van der Waals surface area contributed by atoms with Gasteiger partial charge in [-0.05, 0) is 54.8 Å². The molecule has 1 fully saturated rings. The highest BCUT2D eigenvalue weighted by Crippen LogP contribution is 2.37. The first-order chi connectivity index (χ1) is 16.7. The van der Waals surface area contributed by atoms with Gasteiger partial charge in [0.25, 0.3) is 11.5 Å². The number of fused-ring (bicyclic) bond motifs is 4. The first-order valence-corrected chi connectivity index (χ1v) is 12.6. The van der Waals surface area contributed by atoms with Gasteiger partial charge in [0.05, 0.1) is 4.90 Å². The van der Waals surface area contributed by atoms with Crippen molar-refractivity contribution in [2.45, 2.75) is 23.8 Å². The van der Waals surface area contributed by atoms with Gasteiger partial charge in [-0.3, -0.25) is 9.59 Å². The molecule has 1 unspecified atom stereocenters. The molecule has 0 spiro atoms. The molecule has 2 bridgehead atoms. The van der Waals surface area contributed by atoms with Crippen LogP contribution in [0, 0.1) is 11.1 Å². The maximum absolute atomic E-state index is 13.4. The molecule has 1 aromatic heterocycles. The Morgan fingerprint density at radius 3 is 2.40 bits per heavy atom. The van der Waals surface area contributed by atoms with Crippen LogP contribution in [0.1, 0.15) is 28.4 Å². The van der Waals surface area contributed by atoms with Gasteiger partial charge in [-0.1, -0.05) is 6.07 Å². The standard InChI is InChI=1S/C24H24N4O6S/c29-23-3-1-2-22-18-12-16(14-27(22)23)13-26(15-18)35(33,34)21-10-6-19(7-11-21)25-24(30)17-4-8-20(9-5-17)28(31)32/h1-11,16,18,28,31H,12-15H2,(H,25,30)/t16-,18-/m0/s1. The number of nitrogens with one attached hydrogen (secondary N) is 2. The Hall–Kier alpha value is -3.35. The number of hydrogen-bond acceptors (Lipinski definition) is 6. The highest BCUT2D eigenvalue weighted by atomic mass is 32.2. The van der Waals surface area contributed by atoms with Gasteiger partial charge in [0.2, 0.25) is 10.0 Å². The number of nitrogens with zero attached hydrogens (tertiary/aromatic N) is 2. The van der Waals surface area contributed by atoms with E-state index in [1.54, 1.807) is 10.6 Å². The molecule has 0 saturated carbocycles. The highest BCUT2D eigenvalue weighted by molar-refractivity contribution is 7.89. The van der Waals surface area contributed by atoms with E-state index in [4.69, 9.17) is 5.21 Å². The Bertz CT molecular complexity index is 1420. The number of sulfonamides is 1. The van der Waals surface area contributed by atoms with Crippen molar-refractivity contribution in [3.8, 4) is 0 Å². The first-order valence-electron chi connectivity index (χ1n) is 11.2. The third-order valence-corrected chi connectivity index (χ3v) is 8.44. The fourth-order valence-corrected chi connectivity index (χ4v) is 6.44. The lowest BCUT2D eigenvalue weighted by molar-refractivity contribution is -0.991. The van der Waals surface area contributed by atoms with Crippen molar-refractivity contribution >= 4 is 27.3 Å². The Morgan fingerprint density at radius 2 is 1.71 bits per heavy atom. The van der Waals surface area contributed by atoms with E-state index in [2.05, 4.69) is 5.32 Å². The van der Waals surface area contributed by atoms with Crippen LogP contribution in [0.3, 0.4) is 0 Å². The number of piperidine rings is 1. The van der Waals surface area contributed by atoms with Crippen LogP contribution in [-0.2, 0) is 16.6 Å². The van der Waals surface area contributed by atoms with Crippen molar-refractivity contribution in [3.05, 3.63) is 93.5 Å². The van der Waals surface area contributed by atoms with E-state index >= 15 is 0 Å². The maximum atomic E-state index is 13.4. The van der Waals surface area contributed by atoms with E-state index in [0.29, 0.717) is 25.3 Å². The molecule has 0 aliphatic carbocycles. The van der Waals surface area contributed by atoms with Crippen LogP contribution in [0.4, 0.5) is 11.4 Å². The lowest BCUT2D eigenvalue weighted by Gasteiger charge is -2.42. The Balaban J connectivity index is 1.30. The fraction of sp³-hybridized carbons (Fsp3) is 0.250. The van der Waals surface area contributed by atoms with Crippen molar-refractivity contribution in [3.63, 3.8) is 0 Å². The summed E-state index contributed by atoms with van der Waals surface area (Å²) in [5.41, 5.74) is 1.60. The van der Waals surface area contributed by atoms with Crippen LogP contribution in [-0.4, -0.2) is 41.5 Å². The quantitative estimate of drug-likeness (QED) is 0.456. The smallest absolute Gasteiger partial charge is 0.255 e. The van der Waals surface area contributed by atoms with Crippen molar-refractivity contribution in [1.29, 1.82) is 0 Å². The predicted molar refractivity (Wildman–Crippen MR) is 127 cm³/mol. The summed E-state index contributed by atoms with van der Waals surface area (Å²) in [5.74, 6) is -0.394.